The first kappa shape index (κ1) is 12.6. The van der Waals surface area contributed by atoms with Crippen LogP contribution in [0.25, 0.3) is 0 Å². The fourth-order valence-electron chi connectivity index (χ4n) is 1.51. The third-order valence-corrected chi connectivity index (χ3v) is 2.42. The van der Waals surface area contributed by atoms with Crippen molar-refractivity contribution in [2.24, 2.45) is 0 Å². The number of ether oxygens (including phenoxy) is 1. The molecule has 95 valence electrons. The quantitative estimate of drug-likeness (QED) is 0.878. The number of phenolic OH excluding ortho intramolecular Hbond substituents is 1. The molecule has 1 radical (unpaired) electrons. The number of amides is 1. The number of carbonyl (C=O) groups is 1. The maximum Gasteiger partial charge on any atom is 0.423 e. The van der Waals surface area contributed by atoms with Gasteiger partial charge >= 0.3 is 6.47 Å². The number of aromatic hydroxyl groups is 1. The van der Waals surface area contributed by atoms with Gasteiger partial charge in [0.05, 0.1) is 5.69 Å². The SMILES string of the molecule is O=[C]Oc1ccccc1NC(=O)c1ccc(O)cc1. The van der Waals surface area contributed by atoms with Gasteiger partial charge in [-0.2, -0.15) is 0 Å². The molecule has 0 saturated heterocycles. The van der Waals surface area contributed by atoms with Crippen molar-refractivity contribution in [1.29, 1.82) is 0 Å². The zero-order valence-electron chi connectivity index (χ0n) is 9.79. The molecule has 0 fully saturated rings. The van der Waals surface area contributed by atoms with Gasteiger partial charge in [-0.05, 0) is 36.4 Å². The molecular weight excluding hydrogens is 246 g/mol. The molecule has 19 heavy (non-hydrogen) atoms. The van der Waals surface area contributed by atoms with Crippen LogP contribution in [0, 0.1) is 0 Å². The first-order valence-electron chi connectivity index (χ1n) is 5.44. The third-order valence-electron chi connectivity index (χ3n) is 2.42. The number of nitrogens with one attached hydrogen (secondary N) is 1. The molecule has 0 aromatic heterocycles. The summed E-state index contributed by atoms with van der Waals surface area (Å²) in [6.45, 7) is 1.31. The Labute approximate surface area is 109 Å². The molecule has 5 nitrogen and oxygen atoms in total. The Morgan fingerprint density at radius 3 is 2.47 bits per heavy atom. The lowest BCUT2D eigenvalue weighted by atomic mass is 10.2. The predicted octanol–water partition coefficient (Wildman–Crippen LogP) is 2.09. The highest BCUT2D eigenvalue weighted by Crippen LogP contribution is 2.24. The molecule has 2 aromatic rings. The molecule has 0 unspecified atom stereocenters. The van der Waals surface area contributed by atoms with Gasteiger partial charge in [-0.15, -0.1) is 0 Å². The molecule has 1 amide bonds. The molecular formula is C14H10NO4. The standard InChI is InChI=1S/C14H10NO4/c16-9-19-13-4-2-1-3-12(13)15-14(18)10-5-7-11(17)8-6-10/h1-8,17H,(H,15,18). The first-order valence-corrected chi connectivity index (χ1v) is 5.44. The summed E-state index contributed by atoms with van der Waals surface area (Å²) in [6.07, 6.45) is 0. The zero-order chi connectivity index (χ0) is 13.7. The molecule has 0 heterocycles. The number of benzene rings is 2. The van der Waals surface area contributed by atoms with Crippen LogP contribution < -0.4 is 10.1 Å². The van der Waals surface area contributed by atoms with Crippen LogP contribution in [-0.4, -0.2) is 17.5 Å². The highest BCUT2D eigenvalue weighted by Gasteiger charge is 2.09. The molecule has 2 N–H and O–H groups in total. The summed E-state index contributed by atoms with van der Waals surface area (Å²) in [5.41, 5.74) is 0.742. The van der Waals surface area contributed by atoms with Crippen LogP contribution in [0.5, 0.6) is 11.5 Å². The largest absolute Gasteiger partial charge is 0.508 e. The van der Waals surface area contributed by atoms with Crippen molar-refractivity contribution >= 4 is 18.1 Å². The van der Waals surface area contributed by atoms with Crippen LogP contribution in [0.4, 0.5) is 5.69 Å². The van der Waals surface area contributed by atoms with Crippen molar-refractivity contribution < 1.29 is 19.4 Å². The first-order chi connectivity index (χ1) is 9.20. The van der Waals surface area contributed by atoms with Crippen molar-refractivity contribution in [2.45, 2.75) is 0 Å². The van der Waals surface area contributed by atoms with Gasteiger partial charge in [-0.1, -0.05) is 12.1 Å². The number of para-hydroxylation sites is 2. The molecule has 0 aliphatic carbocycles. The summed E-state index contributed by atoms with van der Waals surface area (Å²) in [6, 6.07) is 12.3. The molecule has 2 rings (SSSR count). The van der Waals surface area contributed by atoms with E-state index >= 15 is 0 Å². The number of hydrogen-bond donors (Lipinski definition) is 2. The lowest BCUT2D eigenvalue weighted by molar-refractivity contribution is 0.102. The van der Waals surface area contributed by atoms with E-state index in [0.29, 0.717) is 11.3 Å². The molecule has 0 saturated carbocycles. The Balaban J connectivity index is 2.19. The number of hydrogen-bond acceptors (Lipinski definition) is 4. The van der Waals surface area contributed by atoms with Gasteiger partial charge in [0.2, 0.25) is 0 Å². The summed E-state index contributed by atoms with van der Waals surface area (Å²) in [7, 11) is 0. The van der Waals surface area contributed by atoms with Gasteiger partial charge in [0.1, 0.15) is 5.75 Å². The second kappa shape index (κ2) is 5.68. The van der Waals surface area contributed by atoms with Crippen LogP contribution in [0.2, 0.25) is 0 Å². The van der Waals surface area contributed by atoms with Crippen molar-refractivity contribution in [3.63, 3.8) is 0 Å². The van der Waals surface area contributed by atoms with Crippen molar-refractivity contribution in [3.05, 3.63) is 54.1 Å². The second-order valence-electron chi connectivity index (χ2n) is 3.68. The van der Waals surface area contributed by atoms with Crippen LogP contribution in [0.15, 0.2) is 48.5 Å². The zero-order valence-corrected chi connectivity index (χ0v) is 9.79. The summed E-state index contributed by atoms with van der Waals surface area (Å²) in [5, 5.41) is 11.8. The molecule has 2 aromatic carbocycles. The van der Waals surface area contributed by atoms with E-state index in [9.17, 15) is 9.59 Å². The lowest BCUT2D eigenvalue weighted by Crippen LogP contribution is -2.12. The lowest BCUT2D eigenvalue weighted by Gasteiger charge is -2.08. The van der Waals surface area contributed by atoms with E-state index in [-0.39, 0.29) is 17.4 Å². The summed E-state index contributed by atoms with van der Waals surface area (Å²) < 4.78 is 4.63. The molecule has 0 bridgehead atoms. The highest BCUT2D eigenvalue weighted by molar-refractivity contribution is 6.05. The fraction of sp³-hybridized carbons (Fsp3) is 0. The van der Waals surface area contributed by atoms with E-state index in [1.165, 1.54) is 36.8 Å². The summed E-state index contributed by atoms with van der Waals surface area (Å²) >= 11 is 0. The predicted molar refractivity (Wildman–Crippen MR) is 68.8 cm³/mol. The van der Waals surface area contributed by atoms with Gasteiger partial charge in [0.15, 0.2) is 5.75 Å². The molecule has 5 heteroatoms. The van der Waals surface area contributed by atoms with Gasteiger partial charge in [0, 0.05) is 5.56 Å². The fourth-order valence-corrected chi connectivity index (χ4v) is 1.51. The Kier molecular flexibility index (Phi) is 3.78. The van der Waals surface area contributed by atoms with Crippen molar-refractivity contribution in [2.75, 3.05) is 5.32 Å². The Morgan fingerprint density at radius 2 is 1.79 bits per heavy atom. The molecule has 0 atom stereocenters. The van der Waals surface area contributed by atoms with Gasteiger partial charge in [0.25, 0.3) is 5.91 Å². The second-order valence-corrected chi connectivity index (χ2v) is 3.68. The minimum Gasteiger partial charge on any atom is -0.508 e. The van der Waals surface area contributed by atoms with Crippen LogP contribution in [0.3, 0.4) is 0 Å². The maximum absolute atomic E-state index is 11.9. The van der Waals surface area contributed by atoms with E-state index in [1.807, 2.05) is 0 Å². The monoisotopic (exact) mass is 256 g/mol. The number of carbonyl (C=O) groups excluding carboxylic acids is 2. The smallest absolute Gasteiger partial charge is 0.423 e. The van der Waals surface area contributed by atoms with E-state index in [1.54, 1.807) is 18.2 Å². The number of phenols is 1. The number of anilines is 1. The van der Waals surface area contributed by atoms with Crippen LogP contribution in [-0.2, 0) is 4.79 Å². The summed E-state index contributed by atoms with van der Waals surface area (Å²) in [4.78, 5) is 22.2. The van der Waals surface area contributed by atoms with Gasteiger partial charge < -0.3 is 15.2 Å². The molecule has 0 aliphatic heterocycles. The van der Waals surface area contributed by atoms with E-state index < -0.39 is 0 Å². The summed E-state index contributed by atoms with van der Waals surface area (Å²) in [5.74, 6) is -0.0811. The molecule has 0 spiro atoms. The van der Waals surface area contributed by atoms with Crippen LogP contribution in [0.1, 0.15) is 10.4 Å². The third kappa shape index (κ3) is 3.10. The minimum atomic E-state index is -0.373. The van der Waals surface area contributed by atoms with E-state index in [4.69, 9.17) is 5.11 Å². The van der Waals surface area contributed by atoms with Gasteiger partial charge in [-0.3, -0.25) is 4.79 Å². The Bertz CT molecular complexity index is 593. The van der Waals surface area contributed by atoms with E-state index in [0.717, 1.165) is 0 Å². The van der Waals surface area contributed by atoms with Crippen LogP contribution >= 0.6 is 0 Å². The maximum atomic E-state index is 11.9. The Morgan fingerprint density at radius 1 is 1.11 bits per heavy atom. The molecule has 0 aliphatic rings. The van der Waals surface area contributed by atoms with Crippen molar-refractivity contribution in [3.8, 4) is 11.5 Å². The van der Waals surface area contributed by atoms with Gasteiger partial charge in [-0.25, -0.2) is 4.79 Å². The van der Waals surface area contributed by atoms with E-state index in [2.05, 4.69) is 10.1 Å². The number of rotatable bonds is 4. The highest BCUT2D eigenvalue weighted by atomic mass is 16.5. The average Bonchev–Trinajstić information content (AvgIpc) is 2.42. The minimum absolute atomic E-state index is 0.0795. The van der Waals surface area contributed by atoms with Crippen molar-refractivity contribution in [1.82, 2.24) is 0 Å². The average molecular weight is 256 g/mol. The normalized spacial score (nSPS) is 9.68. The topological polar surface area (TPSA) is 75.6 Å². The Hall–Kier alpha value is -2.82.